The molecular weight excluding hydrogens is 397 g/mol. The maximum atomic E-state index is 11.3. The summed E-state index contributed by atoms with van der Waals surface area (Å²) in [6.45, 7) is 11.0. The van der Waals surface area contributed by atoms with E-state index in [-0.39, 0.29) is 59.1 Å². The zero-order valence-corrected chi connectivity index (χ0v) is 18.1. The Labute approximate surface area is 216 Å². The normalized spacial score (nSPS) is 14.1. The summed E-state index contributed by atoms with van der Waals surface area (Å²) >= 11 is 0. The topological polar surface area (TPSA) is 83.8 Å². The van der Waals surface area contributed by atoms with Crippen LogP contribution in [0.15, 0.2) is 11.6 Å². The van der Waals surface area contributed by atoms with Gasteiger partial charge in [-0.25, -0.2) is 9.36 Å². The van der Waals surface area contributed by atoms with E-state index in [0.717, 1.165) is 36.7 Å². The van der Waals surface area contributed by atoms with Gasteiger partial charge in [0, 0.05) is 6.08 Å². The van der Waals surface area contributed by atoms with Crippen LogP contribution in [0.3, 0.4) is 0 Å². The number of phosphoric acid groups is 1. The number of carbonyl (C=O) groups excluding carboxylic acids is 1. The second-order valence-electron chi connectivity index (χ2n) is 8.25. The SMILES string of the molecule is C/C(=C\C(=O)OP(=O)(O)O)CCC[C@H](C)CCC[C@H](C)CCCC(C)C.[NaH].[NaH]. The van der Waals surface area contributed by atoms with Gasteiger partial charge in [-0.3, -0.25) is 9.79 Å². The van der Waals surface area contributed by atoms with Crippen LogP contribution in [0, 0.1) is 17.8 Å². The van der Waals surface area contributed by atoms with E-state index in [9.17, 15) is 9.36 Å². The molecule has 0 aromatic carbocycles. The molecule has 0 heterocycles. The molecular formula is C20H41Na2O5P. The van der Waals surface area contributed by atoms with E-state index in [0.29, 0.717) is 5.92 Å². The Morgan fingerprint density at radius 1 is 0.893 bits per heavy atom. The molecule has 0 rings (SSSR count). The first-order valence-corrected chi connectivity index (χ1v) is 11.5. The molecule has 0 saturated heterocycles. The summed E-state index contributed by atoms with van der Waals surface area (Å²) in [6.07, 6.45) is 11.8. The molecule has 0 aromatic rings. The van der Waals surface area contributed by atoms with E-state index in [1.807, 2.05) is 0 Å². The summed E-state index contributed by atoms with van der Waals surface area (Å²) < 4.78 is 14.6. The molecule has 0 fully saturated rings. The van der Waals surface area contributed by atoms with Crippen LogP contribution in [0.2, 0.25) is 0 Å². The number of phosphoric ester groups is 1. The zero-order chi connectivity index (χ0) is 20.2. The van der Waals surface area contributed by atoms with Crippen molar-refractivity contribution in [1.82, 2.24) is 0 Å². The summed E-state index contributed by atoms with van der Waals surface area (Å²) in [4.78, 5) is 28.5. The second kappa shape index (κ2) is 19.1. The third-order valence-electron chi connectivity index (χ3n) is 4.71. The van der Waals surface area contributed by atoms with Gasteiger partial charge in [0.25, 0.3) is 0 Å². The average Bonchev–Trinajstić information content (AvgIpc) is 2.44. The fourth-order valence-corrected chi connectivity index (χ4v) is 3.41. The zero-order valence-electron chi connectivity index (χ0n) is 17.2. The van der Waals surface area contributed by atoms with Gasteiger partial charge in [-0.1, -0.05) is 78.2 Å². The van der Waals surface area contributed by atoms with E-state index in [1.165, 1.54) is 44.6 Å². The van der Waals surface area contributed by atoms with Gasteiger partial charge in [-0.05, 0) is 37.5 Å². The molecule has 0 bridgehead atoms. The molecule has 0 aliphatic heterocycles. The minimum absolute atomic E-state index is 0. The second-order valence-corrected chi connectivity index (χ2v) is 9.41. The first-order chi connectivity index (χ1) is 12.0. The molecule has 0 aliphatic rings. The van der Waals surface area contributed by atoms with Crippen molar-refractivity contribution in [3.05, 3.63) is 11.6 Å². The van der Waals surface area contributed by atoms with Crippen molar-refractivity contribution in [2.75, 3.05) is 0 Å². The fourth-order valence-electron chi connectivity index (χ4n) is 3.12. The fraction of sp³-hybridized carbons (Fsp3) is 0.850. The Balaban J connectivity index is -0.00000312. The van der Waals surface area contributed by atoms with Gasteiger partial charge in [-0.2, -0.15) is 0 Å². The van der Waals surface area contributed by atoms with Crippen LogP contribution >= 0.6 is 7.82 Å². The molecule has 0 unspecified atom stereocenters. The molecule has 2 N–H and O–H groups in total. The monoisotopic (exact) mass is 438 g/mol. The standard InChI is InChI=1S/C20H39O5P.2Na.2H/c1-16(2)9-6-10-17(3)11-7-12-18(4)13-8-14-19(5)15-20(21)25-26(22,23)24;;;;/h15-18H,6-14H2,1-5H3,(H2,22,23,24);;;;/b19-15+;;;;/t17-,18-;;;;/m1..../s1. The molecule has 0 aromatic heterocycles. The summed E-state index contributed by atoms with van der Waals surface area (Å²) in [5, 5.41) is 0. The van der Waals surface area contributed by atoms with Gasteiger partial charge in [-0.15, -0.1) is 0 Å². The summed E-state index contributed by atoms with van der Waals surface area (Å²) in [5.74, 6) is 1.30. The van der Waals surface area contributed by atoms with E-state index in [4.69, 9.17) is 9.79 Å². The molecule has 0 aliphatic carbocycles. The van der Waals surface area contributed by atoms with E-state index in [2.05, 4.69) is 32.2 Å². The minimum atomic E-state index is -4.75. The first kappa shape index (κ1) is 34.0. The van der Waals surface area contributed by atoms with Crippen molar-refractivity contribution >= 4 is 72.9 Å². The molecule has 28 heavy (non-hydrogen) atoms. The Hall–Kier alpha value is 1.36. The van der Waals surface area contributed by atoms with Gasteiger partial charge in [0.2, 0.25) is 0 Å². The van der Waals surface area contributed by atoms with Crippen molar-refractivity contribution in [3.63, 3.8) is 0 Å². The van der Waals surface area contributed by atoms with Crippen molar-refractivity contribution in [3.8, 4) is 0 Å². The Bertz CT molecular complexity index is 477. The van der Waals surface area contributed by atoms with E-state index < -0.39 is 13.8 Å². The number of rotatable bonds is 14. The van der Waals surface area contributed by atoms with Crippen molar-refractivity contribution < 1.29 is 23.7 Å². The van der Waals surface area contributed by atoms with Crippen LogP contribution < -0.4 is 0 Å². The van der Waals surface area contributed by atoms with Crippen LogP contribution in [-0.2, 0) is 13.9 Å². The van der Waals surface area contributed by atoms with Gasteiger partial charge in [0.05, 0.1) is 0 Å². The van der Waals surface area contributed by atoms with Crippen molar-refractivity contribution in [1.29, 1.82) is 0 Å². The number of allylic oxidation sites excluding steroid dienone is 1. The maximum absolute atomic E-state index is 11.3. The van der Waals surface area contributed by atoms with Crippen LogP contribution in [0.1, 0.15) is 92.4 Å². The average molecular weight is 438 g/mol. The van der Waals surface area contributed by atoms with Crippen LogP contribution in [-0.4, -0.2) is 74.9 Å². The van der Waals surface area contributed by atoms with Gasteiger partial charge in [0.1, 0.15) is 0 Å². The Morgan fingerprint density at radius 3 is 1.75 bits per heavy atom. The summed E-state index contributed by atoms with van der Waals surface area (Å²) in [7, 11) is -4.75. The van der Waals surface area contributed by atoms with Crippen molar-refractivity contribution in [2.45, 2.75) is 92.4 Å². The molecule has 8 heteroatoms. The molecule has 0 spiro atoms. The van der Waals surface area contributed by atoms with Gasteiger partial charge >= 0.3 is 72.9 Å². The van der Waals surface area contributed by atoms with Gasteiger partial charge < -0.3 is 4.52 Å². The van der Waals surface area contributed by atoms with Crippen LogP contribution in [0.25, 0.3) is 0 Å². The molecule has 0 radical (unpaired) electrons. The number of hydrogen-bond donors (Lipinski definition) is 2. The molecule has 2 atom stereocenters. The third-order valence-corrected chi connectivity index (χ3v) is 5.13. The van der Waals surface area contributed by atoms with Crippen molar-refractivity contribution in [2.24, 2.45) is 17.8 Å². The van der Waals surface area contributed by atoms with E-state index >= 15 is 0 Å². The predicted molar refractivity (Wildman–Crippen MR) is 121 cm³/mol. The van der Waals surface area contributed by atoms with E-state index in [1.54, 1.807) is 6.92 Å². The van der Waals surface area contributed by atoms with Crippen LogP contribution in [0.4, 0.5) is 0 Å². The predicted octanol–water partition coefficient (Wildman–Crippen LogP) is 4.71. The third kappa shape index (κ3) is 23.6. The summed E-state index contributed by atoms with van der Waals surface area (Å²) in [6, 6.07) is 0. The van der Waals surface area contributed by atoms with Crippen LogP contribution in [0.5, 0.6) is 0 Å². The quantitative estimate of drug-likeness (QED) is 0.233. The Morgan fingerprint density at radius 2 is 1.32 bits per heavy atom. The Kier molecular flexibility index (Phi) is 23.2. The summed E-state index contributed by atoms with van der Waals surface area (Å²) in [5.41, 5.74) is 0.787. The molecule has 5 nitrogen and oxygen atoms in total. The van der Waals surface area contributed by atoms with Gasteiger partial charge in [0.15, 0.2) is 0 Å². The number of hydrogen-bond acceptors (Lipinski definition) is 3. The molecule has 0 saturated carbocycles. The molecule has 158 valence electrons. The number of carbonyl (C=O) groups is 1. The molecule has 0 amide bonds. The first-order valence-electron chi connectivity index (χ1n) is 9.95.